The van der Waals surface area contributed by atoms with Crippen molar-refractivity contribution in [3.63, 3.8) is 0 Å². The third-order valence-corrected chi connectivity index (χ3v) is 4.90. The van der Waals surface area contributed by atoms with Crippen molar-refractivity contribution in [3.05, 3.63) is 59.0 Å². The number of carbonyl (C=O) groups excluding carboxylic acids is 1. The second-order valence-electron chi connectivity index (χ2n) is 6.70. The minimum atomic E-state index is -0.270. The standard InChI is InChI=1S/C19H21ClN6O/c1-13-10-18(24-26(13)15-5-2-4-14(20)11-15)22-19(27)17-7-9-25(23-17)16-6-3-8-21-12-16/h2,4-5,7,9-11,16,21H,3,6,8,12H2,1H3,(H,22,24,27). The first-order valence-electron chi connectivity index (χ1n) is 9.00. The van der Waals surface area contributed by atoms with E-state index in [2.05, 4.69) is 20.8 Å². The Balaban J connectivity index is 1.49. The maximum absolute atomic E-state index is 12.5. The van der Waals surface area contributed by atoms with E-state index in [1.165, 1.54) is 0 Å². The predicted octanol–water partition coefficient (Wildman–Crippen LogP) is 3.21. The van der Waals surface area contributed by atoms with Crippen molar-refractivity contribution in [1.82, 2.24) is 24.9 Å². The van der Waals surface area contributed by atoms with E-state index in [9.17, 15) is 4.79 Å². The first kappa shape index (κ1) is 17.8. The first-order valence-corrected chi connectivity index (χ1v) is 9.38. The zero-order valence-electron chi connectivity index (χ0n) is 15.0. The van der Waals surface area contributed by atoms with Crippen LogP contribution in [0.4, 0.5) is 5.82 Å². The SMILES string of the molecule is Cc1cc(NC(=O)c2ccn(C3CCCNC3)n2)nn1-c1cccc(Cl)c1. The minimum Gasteiger partial charge on any atom is -0.315 e. The molecule has 1 saturated heterocycles. The Bertz CT molecular complexity index is 957. The van der Waals surface area contributed by atoms with Gasteiger partial charge in [0.05, 0.1) is 11.7 Å². The highest BCUT2D eigenvalue weighted by atomic mass is 35.5. The number of carbonyl (C=O) groups is 1. The third-order valence-electron chi connectivity index (χ3n) is 4.67. The molecule has 1 aliphatic heterocycles. The summed E-state index contributed by atoms with van der Waals surface area (Å²) in [6.07, 6.45) is 4.05. The largest absolute Gasteiger partial charge is 0.315 e. The van der Waals surface area contributed by atoms with Crippen LogP contribution in [0.25, 0.3) is 5.69 Å². The molecule has 8 heteroatoms. The molecule has 3 aromatic rings. The van der Waals surface area contributed by atoms with Crippen LogP contribution in [-0.2, 0) is 0 Å². The highest BCUT2D eigenvalue weighted by Crippen LogP contribution is 2.19. The van der Waals surface area contributed by atoms with Gasteiger partial charge in [-0.05, 0) is 50.6 Å². The van der Waals surface area contributed by atoms with Gasteiger partial charge in [-0.15, -0.1) is 5.10 Å². The number of aryl methyl sites for hydroxylation is 1. The van der Waals surface area contributed by atoms with Gasteiger partial charge in [-0.1, -0.05) is 17.7 Å². The number of nitrogens with one attached hydrogen (secondary N) is 2. The molecule has 1 fully saturated rings. The number of benzene rings is 1. The Morgan fingerprint density at radius 1 is 1.30 bits per heavy atom. The van der Waals surface area contributed by atoms with E-state index in [1.54, 1.807) is 10.7 Å². The van der Waals surface area contributed by atoms with Gasteiger partial charge in [0.2, 0.25) is 0 Å². The molecular weight excluding hydrogens is 364 g/mol. The lowest BCUT2D eigenvalue weighted by atomic mass is 10.1. The average Bonchev–Trinajstić information content (AvgIpc) is 3.29. The summed E-state index contributed by atoms with van der Waals surface area (Å²) in [7, 11) is 0. The molecule has 1 unspecified atom stereocenters. The van der Waals surface area contributed by atoms with Gasteiger partial charge < -0.3 is 10.6 Å². The van der Waals surface area contributed by atoms with E-state index in [4.69, 9.17) is 11.6 Å². The van der Waals surface area contributed by atoms with Crippen LogP contribution in [0.1, 0.15) is 35.1 Å². The summed E-state index contributed by atoms with van der Waals surface area (Å²) in [6, 6.07) is 11.3. The van der Waals surface area contributed by atoms with Crippen molar-refractivity contribution in [2.45, 2.75) is 25.8 Å². The summed E-state index contributed by atoms with van der Waals surface area (Å²) in [6.45, 7) is 3.85. The summed E-state index contributed by atoms with van der Waals surface area (Å²) in [5, 5.41) is 15.7. The number of hydrogen-bond donors (Lipinski definition) is 2. The predicted molar refractivity (Wildman–Crippen MR) is 105 cm³/mol. The fourth-order valence-corrected chi connectivity index (χ4v) is 3.49. The van der Waals surface area contributed by atoms with Crippen LogP contribution in [0.5, 0.6) is 0 Å². The molecular formula is C19H21ClN6O. The molecule has 2 aromatic heterocycles. The number of hydrogen-bond acceptors (Lipinski definition) is 4. The molecule has 0 bridgehead atoms. The third kappa shape index (κ3) is 3.89. The number of aromatic nitrogens is 4. The lowest BCUT2D eigenvalue weighted by Gasteiger charge is -2.22. The van der Waals surface area contributed by atoms with Crippen LogP contribution in [0.2, 0.25) is 5.02 Å². The van der Waals surface area contributed by atoms with Gasteiger partial charge in [-0.2, -0.15) is 5.10 Å². The van der Waals surface area contributed by atoms with Crippen LogP contribution in [0.15, 0.2) is 42.6 Å². The van der Waals surface area contributed by atoms with Crippen LogP contribution >= 0.6 is 11.6 Å². The van der Waals surface area contributed by atoms with Crippen molar-refractivity contribution >= 4 is 23.3 Å². The molecule has 0 spiro atoms. The van der Waals surface area contributed by atoms with Crippen molar-refractivity contribution in [3.8, 4) is 5.69 Å². The van der Waals surface area contributed by atoms with Crippen LogP contribution in [-0.4, -0.2) is 38.6 Å². The van der Waals surface area contributed by atoms with E-state index in [-0.39, 0.29) is 5.91 Å². The lowest BCUT2D eigenvalue weighted by molar-refractivity contribution is 0.102. The normalized spacial score (nSPS) is 17.0. The highest BCUT2D eigenvalue weighted by Gasteiger charge is 2.18. The van der Waals surface area contributed by atoms with Crippen LogP contribution in [0, 0.1) is 6.92 Å². The number of halogens is 1. The Morgan fingerprint density at radius 2 is 2.19 bits per heavy atom. The van der Waals surface area contributed by atoms with Gasteiger partial charge in [0.25, 0.3) is 5.91 Å². The minimum absolute atomic E-state index is 0.270. The average molecular weight is 385 g/mol. The van der Waals surface area contributed by atoms with Gasteiger partial charge in [0.1, 0.15) is 0 Å². The van der Waals surface area contributed by atoms with Gasteiger partial charge >= 0.3 is 0 Å². The molecule has 1 aromatic carbocycles. The van der Waals surface area contributed by atoms with Gasteiger partial charge in [0.15, 0.2) is 11.5 Å². The molecule has 0 aliphatic carbocycles. The molecule has 140 valence electrons. The van der Waals surface area contributed by atoms with Crippen molar-refractivity contribution in [2.24, 2.45) is 0 Å². The molecule has 1 aliphatic rings. The molecule has 7 nitrogen and oxygen atoms in total. The first-order chi connectivity index (χ1) is 13.1. The number of nitrogens with zero attached hydrogens (tertiary/aromatic N) is 4. The topological polar surface area (TPSA) is 76.8 Å². The Kier molecular flexibility index (Phi) is 4.96. The number of piperidine rings is 1. The zero-order chi connectivity index (χ0) is 18.8. The lowest BCUT2D eigenvalue weighted by Crippen LogP contribution is -2.32. The summed E-state index contributed by atoms with van der Waals surface area (Å²) in [5.41, 5.74) is 2.12. The van der Waals surface area contributed by atoms with Gasteiger partial charge in [-0.25, -0.2) is 4.68 Å². The van der Waals surface area contributed by atoms with E-state index in [0.29, 0.717) is 22.6 Å². The van der Waals surface area contributed by atoms with Crippen LogP contribution in [0.3, 0.4) is 0 Å². The van der Waals surface area contributed by atoms with E-state index < -0.39 is 0 Å². The summed E-state index contributed by atoms with van der Waals surface area (Å²) in [4.78, 5) is 12.5. The molecule has 0 saturated carbocycles. The van der Waals surface area contributed by atoms with Crippen molar-refractivity contribution < 1.29 is 4.79 Å². The smallest absolute Gasteiger partial charge is 0.277 e. The molecule has 0 radical (unpaired) electrons. The number of amides is 1. The Labute approximate surface area is 162 Å². The summed E-state index contributed by atoms with van der Waals surface area (Å²) in [5.74, 6) is 0.208. The molecule has 27 heavy (non-hydrogen) atoms. The zero-order valence-corrected chi connectivity index (χ0v) is 15.8. The van der Waals surface area contributed by atoms with E-state index in [1.807, 2.05) is 48.1 Å². The van der Waals surface area contributed by atoms with Crippen molar-refractivity contribution in [2.75, 3.05) is 18.4 Å². The maximum atomic E-state index is 12.5. The maximum Gasteiger partial charge on any atom is 0.277 e. The quantitative estimate of drug-likeness (QED) is 0.724. The van der Waals surface area contributed by atoms with Crippen LogP contribution < -0.4 is 10.6 Å². The number of rotatable bonds is 4. The van der Waals surface area contributed by atoms with Crippen molar-refractivity contribution in [1.29, 1.82) is 0 Å². The Morgan fingerprint density at radius 3 is 2.96 bits per heavy atom. The molecule has 1 amide bonds. The fraction of sp³-hybridized carbons (Fsp3) is 0.316. The molecule has 4 rings (SSSR count). The van der Waals surface area contributed by atoms with Gasteiger partial charge in [-0.3, -0.25) is 9.48 Å². The highest BCUT2D eigenvalue weighted by molar-refractivity contribution is 6.30. The molecule has 3 heterocycles. The number of anilines is 1. The van der Waals surface area contributed by atoms with E-state index >= 15 is 0 Å². The second kappa shape index (κ2) is 7.54. The summed E-state index contributed by atoms with van der Waals surface area (Å²) >= 11 is 6.06. The monoisotopic (exact) mass is 384 g/mol. The summed E-state index contributed by atoms with van der Waals surface area (Å²) < 4.78 is 3.62. The molecule has 2 N–H and O–H groups in total. The fourth-order valence-electron chi connectivity index (χ4n) is 3.31. The second-order valence-corrected chi connectivity index (χ2v) is 7.13. The van der Waals surface area contributed by atoms with E-state index in [0.717, 1.165) is 37.3 Å². The Hall–Kier alpha value is -2.64. The molecule has 1 atom stereocenters. The van der Waals surface area contributed by atoms with Gasteiger partial charge in [0, 0.05) is 29.5 Å².